The number of fused-ring (bicyclic) bond motifs is 2. The Morgan fingerprint density at radius 2 is 1.59 bits per heavy atom. The molecular weight excluding hydrogens is 544 g/mol. The minimum absolute atomic E-state index is 0.348. The highest BCUT2D eigenvalue weighted by Gasteiger charge is 2.11. The van der Waals surface area contributed by atoms with Crippen molar-refractivity contribution in [1.29, 1.82) is 10.7 Å². The van der Waals surface area contributed by atoms with E-state index in [0.717, 1.165) is 38.9 Å². The first-order valence-electron chi connectivity index (χ1n) is 14.1. The highest BCUT2D eigenvalue weighted by Crippen LogP contribution is 2.26. The fourth-order valence-electron chi connectivity index (χ4n) is 5.29. The maximum atomic E-state index is 9.83. The lowest BCUT2D eigenvalue weighted by Crippen LogP contribution is -2.16. The van der Waals surface area contributed by atoms with Crippen LogP contribution in [0.4, 0.5) is 11.6 Å². The van der Waals surface area contributed by atoms with E-state index in [2.05, 4.69) is 38.5 Å². The fraction of sp³-hybridized carbons (Fsp3) is 0.0556. The van der Waals surface area contributed by atoms with E-state index >= 15 is 0 Å². The third-order valence-electron chi connectivity index (χ3n) is 7.53. The molecule has 0 amide bonds. The van der Waals surface area contributed by atoms with Crippen LogP contribution in [-0.4, -0.2) is 24.3 Å². The lowest BCUT2D eigenvalue weighted by molar-refractivity contribution is 0.986. The van der Waals surface area contributed by atoms with Gasteiger partial charge in [-0.3, -0.25) is 9.81 Å². The predicted molar refractivity (Wildman–Crippen MR) is 171 cm³/mol. The SMILES string of the molecule is Cc1ccnc(Nc2ncc(-c3cccc(Cc4ccn5c(=N)c6cc(-c7ccccc7)cnc6nc5c4)c3)cc2C#N)c1. The van der Waals surface area contributed by atoms with Crippen molar-refractivity contribution in [2.45, 2.75) is 13.3 Å². The molecule has 0 unspecified atom stereocenters. The number of anilines is 2. The van der Waals surface area contributed by atoms with Crippen molar-refractivity contribution >= 4 is 28.3 Å². The van der Waals surface area contributed by atoms with E-state index in [1.165, 1.54) is 0 Å². The van der Waals surface area contributed by atoms with Crippen molar-refractivity contribution in [3.8, 4) is 28.3 Å². The largest absolute Gasteiger partial charge is 0.324 e. The summed E-state index contributed by atoms with van der Waals surface area (Å²) < 4.78 is 1.79. The predicted octanol–water partition coefficient (Wildman–Crippen LogP) is 7.00. The lowest BCUT2D eigenvalue weighted by atomic mass is 9.99. The first-order chi connectivity index (χ1) is 21.5. The van der Waals surface area contributed by atoms with Gasteiger partial charge in [0.05, 0.1) is 10.9 Å². The van der Waals surface area contributed by atoms with Crippen LogP contribution in [-0.2, 0) is 6.42 Å². The average Bonchev–Trinajstić information content (AvgIpc) is 3.05. The van der Waals surface area contributed by atoms with Gasteiger partial charge in [-0.1, -0.05) is 54.6 Å². The van der Waals surface area contributed by atoms with Crippen LogP contribution < -0.4 is 10.8 Å². The van der Waals surface area contributed by atoms with Gasteiger partial charge in [-0.2, -0.15) is 5.26 Å². The number of nitrogens with zero attached hydrogens (tertiary/aromatic N) is 6. The van der Waals surface area contributed by atoms with Gasteiger partial charge in [0.25, 0.3) is 0 Å². The maximum Gasteiger partial charge on any atom is 0.165 e. The Morgan fingerprint density at radius 3 is 2.43 bits per heavy atom. The quantitative estimate of drug-likeness (QED) is 0.208. The summed E-state index contributed by atoms with van der Waals surface area (Å²) in [5, 5.41) is 22.6. The Bertz CT molecular complexity index is 2280. The topological polar surface area (TPSA) is 116 Å². The molecule has 0 fully saturated rings. The van der Waals surface area contributed by atoms with E-state index in [4.69, 9.17) is 10.4 Å². The molecule has 0 radical (unpaired) electrons. The molecule has 44 heavy (non-hydrogen) atoms. The number of aryl methyl sites for hydroxylation is 1. The Kier molecular flexibility index (Phi) is 6.81. The van der Waals surface area contributed by atoms with Gasteiger partial charge in [0, 0.05) is 35.9 Å². The van der Waals surface area contributed by atoms with Crippen molar-refractivity contribution in [2.24, 2.45) is 0 Å². The van der Waals surface area contributed by atoms with Gasteiger partial charge in [-0.05, 0) is 77.6 Å². The summed E-state index contributed by atoms with van der Waals surface area (Å²) in [5.41, 5.74) is 9.08. The zero-order chi connectivity index (χ0) is 30.0. The molecule has 0 saturated carbocycles. The van der Waals surface area contributed by atoms with Crippen molar-refractivity contribution < 1.29 is 0 Å². The standard InChI is InChI=1S/C36H26N8/c1-23-10-12-39-32(14-23)42-35-28(20-37)18-29(21-40-35)27-9-5-6-24(16-27)15-25-11-13-44-33(17-25)43-36-31(34(44)38)19-30(22-41-36)26-7-3-2-4-8-26/h2-14,16-19,21-22,38H,15H2,1H3,(H,39,40,42). The normalized spacial score (nSPS) is 11.0. The second-order valence-electron chi connectivity index (χ2n) is 10.6. The summed E-state index contributed by atoms with van der Waals surface area (Å²) in [4.78, 5) is 18.2. The van der Waals surface area contributed by atoms with E-state index in [1.807, 2.05) is 98.2 Å². The first-order valence-corrected chi connectivity index (χ1v) is 14.1. The number of nitrogens with one attached hydrogen (secondary N) is 2. The molecule has 5 heterocycles. The van der Waals surface area contributed by atoms with Gasteiger partial charge in [0.1, 0.15) is 28.8 Å². The zero-order valence-electron chi connectivity index (χ0n) is 23.9. The Hall–Kier alpha value is -6.20. The highest BCUT2D eigenvalue weighted by molar-refractivity contribution is 5.81. The molecule has 7 aromatic rings. The van der Waals surface area contributed by atoms with Crippen LogP contribution in [0.5, 0.6) is 0 Å². The molecular formula is C36H26N8. The van der Waals surface area contributed by atoms with Gasteiger partial charge in [-0.25, -0.2) is 19.9 Å². The third kappa shape index (κ3) is 5.26. The van der Waals surface area contributed by atoms with Crippen LogP contribution >= 0.6 is 0 Å². The number of pyridine rings is 4. The number of benzene rings is 2. The van der Waals surface area contributed by atoms with E-state index in [-0.39, 0.29) is 0 Å². The van der Waals surface area contributed by atoms with Gasteiger partial charge < -0.3 is 5.32 Å². The van der Waals surface area contributed by atoms with E-state index in [1.54, 1.807) is 16.8 Å². The van der Waals surface area contributed by atoms with Crippen LogP contribution in [0, 0.1) is 23.7 Å². The summed E-state index contributed by atoms with van der Waals surface area (Å²) in [5.74, 6) is 1.11. The van der Waals surface area contributed by atoms with Crippen LogP contribution in [0.25, 0.3) is 38.9 Å². The van der Waals surface area contributed by atoms with Gasteiger partial charge in [0.2, 0.25) is 0 Å². The summed E-state index contributed by atoms with van der Waals surface area (Å²) in [6, 6.07) is 32.2. The summed E-state index contributed by atoms with van der Waals surface area (Å²) in [6.45, 7) is 1.99. The fourth-order valence-corrected chi connectivity index (χ4v) is 5.29. The van der Waals surface area contributed by atoms with Gasteiger partial charge >= 0.3 is 0 Å². The summed E-state index contributed by atoms with van der Waals surface area (Å²) in [6.07, 6.45) is 7.88. The Labute approximate surface area is 253 Å². The second-order valence-corrected chi connectivity index (χ2v) is 10.6. The monoisotopic (exact) mass is 570 g/mol. The zero-order valence-corrected chi connectivity index (χ0v) is 23.9. The molecule has 5 aromatic heterocycles. The molecule has 0 aliphatic rings. The lowest BCUT2D eigenvalue weighted by Gasteiger charge is -2.11. The minimum atomic E-state index is 0.348. The van der Waals surface area contributed by atoms with Crippen LogP contribution in [0.1, 0.15) is 22.3 Å². The van der Waals surface area contributed by atoms with Crippen molar-refractivity contribution in [2.75, 3.05) is 5.32 Å². The second kappa shape index (κ2) is 11.2. The van der Waals surface area contributed by atoms with Gasteiger partial charge in [-0.15, -0.1) is 0 Å². The molecule has 0 spiro atoms. The molecule has 0 aliphatic carbocycles. The van der Waals surface area contributed by atoms with E-state index < -0.39 is 0 Å². The molecule has 0 saturated heterocycles. The Balaban J connectivity index is 1.16. The van der Waals surface area contributed by atoms with Crippen LogP contribution in [0.2, 0.25) is 0 Å². The maximum absolute atomic E-state index is 9.83. The molecule has 7 rings (SSSR count). The van der Waals surface area contributed by atoms with Gasteiger partial charge in [0.15, 0.2) is 5.65 Å². The third-order valence-corrected chi connectivity index (χ3v) is 7.53. The Morgan fingerprint density at radius 1 is 0.795 bits per heavy atom. The molecule has 2 aromatic carbocycles. The number of hydrogen-bond donors (Lipinski definition) is 2. The van der Waals surface area contributed by atoms with Crippen LogP contribution in [0.3, 0.4) is 0 Å². The number of nitriles is 1. The molecule has 0 aliphatic heterocycles. The van der Waals surface area contributed by atoms with E-state index in [0.29, 0.717) is 45.8 Å². The van der Waals surface area contributed by atoms with Crippen molar-refractivity contribution in [1.82, 2.24) is 24.3 Å². The minimum Gasteiger partial charge on any atom is -0.324 e. The summed E-state index contributed by atoms with van der Waals surface area (Å²) >= 11 is 0. The first kappa shape index (κ1) is 26.7. The average molecular weight is 571 g/mol. The van der Waals surface area contributed by atoms with Crippen molar-refractivity contribution in [3.05, 3.63) is 144 Å². The molecule has 210 valence electrons. The van der Waals surface area contributed by atoms with E-state index in [9.17, 15) is 5.26 Å². The molecule has 8 heteroatoms. The smallest absolute Gasteiger partial charge is 0.165 e. The highest BCUT2D eigenvalue weighted by atomic mass is 15.1. The molecule has 8 nitrogen and oxygen atoms in total. The number of aromatic nitrogens is 5. The number of hydrogen-bond acceptors (Lipinski definition) is 7. The molecule has 2 N–H and O–H groups in total. The number of rotatable bonds is 6. The summed E-state index contributed by atoms with van der Waals surface area (Å²) in [7, 11) is 0. The van der Waals surface area contributed by atoms with Crippen molar-refractivity contribution in [3.63, 3.8) is 0 Å². The van der Waals surface area contributed by atoms with Crippen LogP contribution in [0.15, 0.2) is 116 Å². The molecule has 0 bridgehead atoms. The molecule has 0 atom stereocenters.